The number of ether oxygens (including phenoxy) is 1. The fourth-order valence-electron chi connectivity index (χ4n) is 2.78. The van der Waals surface area contributed by atoms with Gasteiger partial charge in [-0.25, -0.2) is 8.42 Å². The Balaban J connectivity index is 1.86. The average molecular weight is 368 g/mol. The van der Waals surface area contributed by atoms with E-state index in [0.29, 0.717) is 11.4 Å². The van der Waals surface area contributed by atoms with Crippen LogP contribution >= 0.6 is 0 Å². The lowest BCUT2D eigenvalue weighted by atomic mass is 10.0. The third-order valence-corrected chi connectivity index (χ3v) is 5.40. The van der Waals surface area contributed by atoms with Crippen molar-refractivity contribution in [2.24, 2.45) is 4.99 Å². The van der Waals surface area contributed by atoms with Crippen LogP contribution in [0.1, 0.15) is 32.3 Å². The van der Waals surface area contributed by atoms with E-state index in [1.54, 1.807) is 12.1 Å². The van der Waals surface area contributed by atoms with Crippen molar-refractivity contribution in [3.8, 4) is 0 Å². The maximum atomic E-state index is 11.5. The summed E-state index contributed by atoms with van der Waals surface area (Å²) >= 11 is 0. The molecule has 1 aromatic carbocycles. The monoisotopic (exact) mass is 367 g/mol. The summed E-state index contributed by atoms with van der Waals surface area (Å²) in [6.07, 6.45) is 4.15. The lowest BCUT2D eigenvalue weighted by Crippen LogP contribution is -2.40. The highest BCUT2D eigenvalue weighted by Gasteiger charge is 2.29. The number of benzene rings is 1. The minimum atomic E-state index is -3.14. The number of nitrogens with one attached hydrogen (secondary N) is 2. The van der Waals surface area contributed by atoms with Gasteiger partial charge in [0.25, 0.3) is 0 Å². The standard InChI is InChI=1S/C18H29N3O3S/c1-4-19-17(21-14-18(2)11-5-13-24-18)20-12-10-15-6-8-16(9-7-15)25(3,22)23/h6-9H,4-5,10-14H2,1-3H3,(H2,19,20,21). The minimum absolute atomic E-state index is 0.149. The van der Waals surface area contributed by atoms with E-state index in [9.17, 15) is 8.42 Å². The fraction of sp³-hybridized carbons (Fsp3) is 0.611. The molecule has 1 aromatic rings. The van der Waals surface area contributed by atoms with Crippen LogP contribution in [0.25, 0.3) is 0 Å². The Morgan fingerprint density at radius 2 is 2.00 bits per heavy atom. The van der Waals surface area contributed by atoms with Crippen molar-refractivity contribution in [1.82, 2.24) is 10.6 Å². The Morgan fingerprint density at radius 1 is 1.28 bits per heavy atom. The number of sulfone groups is 1. The number of guanidine groups is 1. The molecule has 25 heavy (non-hydrogen) atoms. The van der Waals surface area contributed by atoms with Gasteiger partial charge in [-0.05, 0) is 50.8 Å². The van der Waals surface area contributed by atoms with Gasteiger partial charge < -0.3 is 15.4 Å². The highest BCUT2D eigenvalue weighted by molar-refractivity contribution is 7.90. The molecule has 0 aromatic heterocycles. The molecule has 1 aliphatic heterocycles. The Labute approximate surface area is 151 Å². The molecule has 140 valence electrons. The van der Waals surface area contributed by atoms with Crippen LogP contribution in [0.15, 0.2) is 34.2 Å². The highest BCUT2D eigenvalue weighted by Crippen LogP contribution is 2.24. The summed E-state index contributed by atoms with van der Waals surface area (Å²) in [6, 6.07) is 7.02. The molecular weight excluding hydrogens is 338 g/mol. The Hall–Kier alpha value is -1.60. The summed E-state index contributed by atoms with van der Waals surface area (Å²) in [5.74, 6) is 0.784. The fourth-order valence-corrected chi connectivity index (χ4v) is 3.41. The van der Waals surface area contributed by atoms with Gasteiger partial charge in [-0.3, -0.25) is 4.99 Å². The zero-order chi connectivity index (χ0) is 18.3. The van der Waals surface area contributed by atoms with Crippen molar-refractivity contribution in [1.29, 1.82) is 0 Å². The van der Waals surface area contributed by atoms with Crippen LogP contribution in [0, 0.1) is 0 Å². The van der Waals surface area contributed by atoms with E-state index in [2.05, 4.69) is 22.5 Å². The van der Waals surface area contributed by atoms with E-state index in [4.69, 9.17) is 4.74 Å². The number of rotatable bonds is 7. The molecule has 2 N–H and O–H groups in total. The molecular formula is C18H29N3O3S. The second-order valence-electron chi connectivity index (χ2n) is 6.69. The van der Waals surface area contributed by atoms with Crippen molar-refractivity contribution < 1.29 is 13.2 Å². The quantitative estimate of drug-likeness (QED) is 0.567. The molecule has 1 saturated heterocycles. The Bertz CT molecular complexity index is 678. The molecule has 2 rings (SSSR count). The van der Waals surface area contributed by atoms with Crippen molar-refractivity contribution in [3.05, 3.63) is 29.8 Å². The summed E-state index contributed by atoms with van der Waals surface area (Å²) in [7, 11) is -3.14. The van der Waals surface area contributed by atoms with Crippen LogP contribution in [0.4, 0.5) is 0 Å². The highest BCUT2D eigenvalue weighted by atomic mass is 32.2. The summed E-state index contributed by atoms with van der Waals surface area (Å²) < 4.78 is 28.7. The van der Waals surface area contributed by atoms with E-state index in [-0.39, 0.29) is 5.60 Å². The number of hydrogen-bond donors (Lipinski definition) is 2. The summed E-state index contributed by atoms with van der Waals surface area (Å²) in [5.41, 5.74) is 0.936. The van der Waals surface area contributed by atoms with Gasteiger partial charge in [0, 0.05) is 26.0 Å². The van der Waals surface area contributed by atoms with Crippen LogP contribution in [-0.2, 0) is 21.0 Å². The van der Waals surface area contributed by atoms with E-state index < -0.39 is 9.84 Å². The molecule has 1 heterocycles. The lowest BCUT2D eigenvalue weighted by molar-refractivity contribution is 0.0283. The molecule has 7 heteroatoms. The first-order valence-electron chi connectivity index (χ1n) is 8.77. The van der Waals surface area contributed by atoms with Gasteiger partial charge in [-0.2, -0.15) is 0 Å². The maximum absolute atomic E-state index is 11.5. The molecule has 0 radical (unpaired) electrons. The van der Waals surface area contributed by atoms with Gasteiger partial charge in [0.2, 0.25) is 0 Å². The van der Waals surface area contributed by atoms with Crippen LogP contribution in [0.3, 0.4) is 0 Å². The summed E-state index contributed by atoms with van der Waals surface area (Å²) in [5, 5.41) is 6.56. The minimum Gasteiger partial charge on any atom is -0.373 e. The molecule has 1 fully saturated rings. The Kier molecular flexibility index (Phi) is 6.84. The zero-order valence-corrected chi connectivity index (χ0v) is 16.2. The predicted molar refractivity (Wildman–Crippen MR) is 101 cm³/mol. The van der Waals surface area contributed by atoms with E-state index in [0.717, 1.165) is 50.5 Å². The predicted octanol–water partition coefficient (Wildman–Crippen LogP) is 1.76. The van der Waals surface area contributed by atoms with Gasteiger partial charge in [-0.1, -0.05) is 12.1 Å². The van der Waals surface area contributed by atoms with Gasteiger partial charge in [0.05, 0.1) is 17.0 Å². The van der Waals surface area contributed by atoms with E-state index >= 15 is 0 Å². The molecule has 0 aliphatic carbocycles. The topological polar surface area (TPSA) is 79.8 Å². The lowest BCUT2D eigenvalue weighted by Gasteiger charge is -2.21. The van der Waals surface area contributed by atoms with Crippen LogP contribution in [0.2, 0.25) is 0 Å². The van der Waals surface area contributed by atoms with Crippen molar-refractivity contribution in [2.75, 3.05) is 32.5 Å². The Morgan fingerprint density at radius 3 is 2.56 bits per heavy atom. The second kappa shape index (κ2) is 8.67. The molecule has 1 unspecified atom stereocenters. The molecule has 0 amide bonds. The largest absolute Gasteiger partial charge is 0.373 e. The van der Waals surface area contributed by atoms with Gasteiger partial charge >= 0.3 is 0 Å². The van der Waals surface area contributed by atoms with Crippen LogP contribution in [-0.4, -0.2) is 52.5 Å². The van der Waals surface area contributed by atoms with E-state index in [1.165, 1.54) is 6.26 Å². The van der Waals surface area contributed by atoms with Crippen molar-refractivity contribution >= 4 is 15.8 Å². The number of hydrogen-bond acceptors (Lipinski definition) is 4. The maximum Gasteiger partial charge on any atom is 0.191 e. The first-order chi connectivity index (χ1) is 11.8. The first-order valence-corrected chi connectivity index (χ1v) is 10.7. The smallest absolute Gasteiger partial charge is 0.191 e. The molecule has 6 nitrogen and oxygen atoms in total. The van der Waals surface area contributed by atoms with E-state index in [1.807, 2.05) is 19.1 Å². The molecule has 1 atom stereocenters. The number of nitrogens with zero attached hydrogens (tertiary/aromatic N) is 1. The third-order valence-electron chi connectivity index (χ3n) is 4.27. The number of aliphatic imine (C=N–C) groups is 1. The SMILES string of the molecule is CCNC(=NCC1(C)CCCO1)NCCc1ccc(S(C)(=O)=O)cc1. The van der Waals surface area contributed by atoms with Gasteiger partial charge in [0.1, 0.15) is 0 Å². The molecule has 1 aliphatic rings. The van der Waals surface area contributed by atoms with Crippen molar-refractivity contribution in [3.63, 3.8) is 0 Å². The van der Waals surface area contributed by atoms with Crippen LogP contribution < -0.4 is 10.6 Å². The molecule has 0 bridgehead atoms. The summed E-state index contributed by atoms with van der Waals surface area (Å²) in [6.45, 7) is 7.13. The average Bonchev–Trinajstić information content (AvgIpc) is 2.99. The van der Waals surface area contributed by atoms with Gasteiger partial charge in [0.15, 0.2) is 15.8 Å². The second-order valence-corrected chi connectivity index (χ2v) is 8.71. The first kappa shape index (κ1) is 19.7. The van der Waals surface area contributed by atoms with Gasteiger partial charge in [-0.15, -0.1) is 0 Å². The van der Waals surface area contributed by atoms with Crippen LogP contribution in [0.5, 0.6) is 0 Å². The zero-order valence-electron chi connectivity index (χ0n) is 15.3. The normalized spacial score (nSPS) is 21.3. The third kappa shape index (κ3) is 6.32. The molecule has 0 spiro atoms. The summed E-state index contributed by atoms with van der Waals surface area (Å²) in [4.78, 5) is 4.99. The van der Waals surface area contributed by atoms with Crippen molar-refractivity contribution in [2.45, 2.75) is 43.6 Å². The molecule has 0 saturated carbocycles.